The highest BCUT2D eigenvalue weighted by Crippen LogP contribution is 2.34. The van der Waals surface area contributed by atoms with Crippen molar-refractivity contribution in [1.29, 1.82) is 0 Å². The third-order valence-corrected chi connectivity index (χ3v) is 7.50. The number of allylic oxidation sites excluding steroid dienone is 1. The number of hydrogen-bond donors (Lipinski definition) is 4. The third kappa shape index (κ3) is 5.88. The van der Waals surface area contributed by atoms with Crippen LogP contribution in [0.2, 0.25) is 0 Å². The summed E-state index contributed by atoms with van der Waals surface area (Å²) in [7, 11) is 1.72. The van der Waals surface area contributed by atoms with Gasteiger partial charge in [0.05, 0.1) is 18.4 Å². The van der Waals surface area contributed by atoms with Gasteiger partial charge in [-0.1, -0.05) is 12.2 Å². The van der Waals surface area contributed by atoms with Crippen LogP contribution in [0.3, 0.4) is 0 Å². The second-order valence-corrected chi connectivity index (χ2v) is 10.4. The Balaban J connectivity index is 1.29. The average Bonchev–Trinajstić information content (AvgIpc) is 3.59. The Morgan fingerprint density at radius 1 is 1.29 bits per heavy atom. The van der Waals surface area contributed by atoms with Crippen molar-refractivity contribution in [2.75, 3.05) is 12.4 Å². The van der Waals surface area contributed by atoms with Gasteiger partial charge in [0, 0.05) is 36.8 Å². The van der Waals surface area contributed by atoms with E-state index in [0.29, 0.717) is 43.1 Å². The van der Waals surface area contributed by atoms with Crippen LogP contribution in [0.15, 0.2) is 54.5 Å². The van der Waals surface area contributed by atoms with Crippen molar-refractivity contribution in [2.45, 2.75) is 57.8 Å². The second kappa shape index (κ2) is 11.4. The van der Waals surface area contributed by atoms with Gasteiger partial charge in [0.15, 0.2) is 17.5 Å². The SMILES string of the molecule is Cc1cc(Nc2cc(C)[nH]n2)nc(C2=CCC(NC=O)(C(=O)N(C)C(C)C3=CNC(n4cc(F)cn4)C=C3)CC2)n1. The summed E-state index contributed by atoms with van der Waals surface area (Å²) in [5.74, 6) is 1.24. The van der Waals surface area contributed by atoms with E-state index in [4.69, 9.17) is 0 Å². The number of likely N-dealkylation sites (N-methyl/N-ethyl adjacent to an activating group) is 1. The minimum atomic E-state index is -1.09. The lowest BCUT2D eigenvalue weighted by molar-refractivity contribution is -0.140. The highest BCUT2D eigenvalue weighted by atomic mass is 19.1. The van der Waals surface area contributed by atoms with Gasteiger partial charge in [0.25, 0.3) is 0 Å². The Morgan fingerprint density at radius 2 is 2.12 bits per heavy atom. The van der Waals surface area contributed by atoms with Crippen LogP contribution >= 0.6 is 0 Å². The summed E-state index contributed by atoms with van der Waals surface area (Å²) >= 11 is 0. The maximum atomic E-state index is 13.8. The monoisotopic (exact) mass is 560 g/mol. The number of aromatic amines is 1. The van der Waals surface area contributed by atoms with E-state index in [1.807, 2.05) is 51.1 Å². The Bertz CT molecular complexity index is 1540. The predicted octanol–water partition coefficient (Wildman–Crippen LogP) is 3.04. The van der Waals surface area contributed by atoms with Crippen molar-refractivity contribution in [3.8, 4) is 0 Å². The number of dihydropyridines is 1. The number of hydrogen-bond acceptors (Lipinski definition) is 8. The lowest BCUT2D eigenvalue weighted by Crippen LogP contribution is -2.59. The molecule has 0 radical (unpaired) electrons. The number of nitrogens with zero attached hydrogens (tertiary/aromatic N) is 6. The molecule has 214 valence electrons. The molecule has 3 aromatic rings. The summed E-state index contributed by atoms with van der Waals surface area (Å²) in [6, 6.07) is 3.43. The van der Waals surface area contributed by atoms with Crippen molar-refractivity contribution < 1.29 is 14.0 Å². The zero-order valence-corrected chi connectivity index (χ0v) is 23.3. The molecule has 0 aromatic carbocycles. The van der Waals surface area contributed by atoms with Crippen LogP contribution in [0.25, 0.3) is 5.57 Å². The highest BCUT2D eigenvalue weighted by Gasteiger charge is 2.42. The summed E-state index contributed by atoms with van der Waals surface area (Å²) in [5, 5.41) is 20.3. The van der Waals surface area contributed by atoms with Gasteiger partial charge in [-0.15, -0.1) is 0 Å². The van der Waals surface area contributed by atoms with Gasteiger partial charge >= 0.3 is 0 Å². The van der Waals surface area contributed by atoms with Crippen LogP contribution in [0.4, 0.5) is 16.0 Å². The van der Waals surface area contributed by atoms with Crippen LogP contribution in [0.5, 0.6) is 0 Å². The van der Waals surface area contributed by atoms with E-state index in [9.17, 15) is 14.0 Å². The molecule has 3 atom stereocenters. The van der Waals surface area contributed by atoms with Crippen molar-refractivity contribution in [3.63, 3.8) is 0 Å². The molecule has 4 heterocycles. The molecule has 1 aliphatic carbocycles. The number of carbonyl (C=O) groups is 2. The van der Waals surface area contributed by atoms with Gasteiger partial charge in [-0.25, -0.2) is 19.0 Å². The average molecular weight is 561 g/mol. The third-order valence-electron chi connectivity index (χ3n) is 7.50. The lowest BCUT2D eigenvalue weighted by atomic mass is 9.80. The first-order chi connectivity index (χ1) is 19.7. The maximum absolute atomic E-state index is 13.8. The Hall–Kier alpha value is -4.81. The van der Waals surface area contributed by atoms with E-state index >= 15 is 0 Å². The molecule has 0 saturated heterocycles. The van der Waals surface area contributed by atoms with Gasteiger partial charge < -0.3 is 20.9 Å². The molecule has 12 nitrogen and oxygen atoms in total. The maximum Gasteiger partial charge on any atom is 0.248 e. The van der Waals surface area contributed by atoms with Crippen LogP contribution in [0.1, 0.15) is 49.6 Å². The van der Waals surface area contributed by atoms with Crippen LogP contribution in [-0.4, -0.2) is 65.8 Å². The number of aryl methyl sites for hydroxylation is 2. The molecule has 1 aliphatic heterocycles. The number of carbonyl (C=O) groups excluding carboxylic acids is 2. The molecular weight excluding hydrogens is 527 g/mol. The van der Waals surface area contributed by atoms with Crippen molar-refractivity contribution in [2.24, 2.45) is 0 Å². The van der Waals surface area contributed by atoms with Crippen LogP contribution in [0, 0.1) is 19.7 Å². The van der Waals surface area contributed by atoms with E-state index in [1.165, 1.54) is 10.9 Å². The fraction of sp³-hybridized carbons (Fsp3) is 0.357. The first kappa shape index (κ1) is 27.7. The molecule has 41 heavy (non-hydrogen) atoms. The van der Waals surface area contributed by atoms with Crippen molar-refractivity contribution in [1.82, 2.24) is 45.5 Å². The molecule has 0 spiro atoms. The van der Waals surface area contributed by atoms with Crippen molar-refractivity contribution in [3.05, 3.63) is 77.6 Å². The number of nitrogens with one attached hydrogen (secondary N) is 4. The van der Waals surface area contributed by atoms with Gasteiger partial charge in [0.2, 0.25) is 12.3 Å². The minimum absolute atomic E-state index is 0.195. The van der Waals surface area contributed by atoms with E-state index in [0.717, 1.165) is 28.7 Å². The van der Waals surface area contributed by atoms with Gasteiger partial charge in [-0.2, -0.15) is 10.2 Å². The summed E-state index contributed by atoms with van der Waals surface area (Å²) in [4.78, 5) is 36.4. The lowest BCUT2D eigenvalue weighted by Gasteiger charge is -2.40. The number of anilines is 2. The number of aromatic nitrogens is 6. The number of rotatable bonds is 9. The second-order valence-electron chi connectivity index (χ2n) is 10.4. The number of halogens is 1. The van der Waals surface area contributed by atoms with E-state index < -0.39 is 11.4 Å². The summed E-state index contributed by atoms with van der Waals surface area (Å²) in [6.45, 7) is 5.73. The predicted molar refractivity (Wildman–Crippen MR) is 151 cm³/mol. The molecule has 3 aromatic heterocycles. The molecule has 3 unspecified atom stereocenters. The quantitative estimate of drug-likeness (QED) is 0.292. The molecule has 2 amide bonds. The highest BCUT2D eigenvalue weighted by molar-refractivity contribution is 5.90. The largest absolute Gasteiger partial charge is 0.366 e. The Morgan fingerprint density at radius 3 is 2.73 bits per heavy atom. The fourth-order valence-electron chi connectivity index (χ4n) is 5.06. The van der Waals surface area contributed by atoms with E-state index in [-0.39, 0.29) is 18.1 Å². The molecule has 4 N–H and O–H groups in total. The van der Waals surface area contributed by atoms with Crippen molar-refractivity contribution >= 4 is 29.5 Å². The molecule has 0 fully saturated rings. The summed E-state index contributed by atoms with van der Waals surface area (Å²) in [5.41, 5.74) is 2.40. The Labute approximate surface area is 236 Å². The Kier molecular flexibility index (Phi) is 7.68. The zero-order valence-electron chi connectivity index (χ0n) is 23.3. The normalized spacial score (nSPS) is 20.9. The van der Waals surface area contributed by atoms with Crippen LogP contribution in [-0.2, 0) is 9.59 Å². The van der Waals surface area contributed by atoms with Gasteiger partial charge in [0.1, 0.15) is 17.5 Å². The zero-order chi connectivity index (χ0) is 29.1. The molecule has 2 aliphatic rings. The molecular formula is C28H33FN10O2. The molecule has 13 heteroatoms. The van der Waals surface area contributed by atoms with E-state index in [1.54, 1.807) is 18.1 Å². The topological polar surface area (TPSA) is 146 Å². The summed E-state index contributed by atoms with van der Waals surface area (Å²) in [6.07, 6.45) is 11.4. The van der Waals surface area contributed by atoms with E-state index in [2.05, 4.69) is 41.2 Å². The molecule has 0 saturated carbocycles. The summed E-state index contributed by atoms with van der Waals surface area (Å²) < 4.78 is 14.8. The van der Waals surface area contributed by atoms with Gasteiger partial charge in [-0.05, 0) is 57.3 Å². The van der Waals surface area contributed by atoms with Gasteiger partial charge in [-0.3, -0.25) is 14.7 Å². The first-order valence-electron chi connectivity index (χ1n) is 13.3. The molecule has 5 rings (SSSR count). The number of amides is 2. The smallest absolute Gasteiger partial charge is 0.248 e. The van der Waals surface area contributed by atoms with Crippen LogP contribution < -0.4 is 16.0 Å². The molecule has 0 bridgehead atoms. The number of H-pyrrole nitrogens is 1. The standard InChI is InChI=1S/C28H33FN10O2/c1-17-11-23(34-24-12-18(2)36-37-24)35-26(33-17)20-7-9-28(10-8-20,31-16-40)27(41)38(4)19(3)21-5-6-25(30-13-21)39-15-22(29)14-32-39/h5-7,11-16,19,25,30H,8-10H2,1-4H3,(H,31,40)(H2,33,34,35,36,37). The fourth-order valence-corrected chi connectivity index (χ4v) is 5.06. The first-order valence-corrected chi connectivity index (χ1v) is 13.3. The minimum Gasteiger partial charge on any atom is -0.366 e.